The predicted molar refractivity (Wildman–Crippen MR) is 104 cm³/mol. The summed E-state index contributed by atoms with van der Waals surface area (Å²) in [6.45, 7) is 3.47. The Morgan fingerprint density at radius 1 is 1.04 bits per heavy atom. The van der Waals surface area contributed by atoms with E-state index in [4.69, 9.17) is 0 Å². The van der Waals surface area contributed by atoms with Crippen molar-refractivity contribution in [1.29, 1.82) is 0 Å². The van der Waals surface area contributed by atoms with Crippen LogP contribution in [-0.2, 0) is 10.0 Å². The quantitative estimate of drug-likeness (QED) is 0.634. The van der Waals surface area contributed by atoms with Crippen molar-refractivity contribution in [3.8, 4) is 0 Å². The van der Waals surface area contributed by atoms with Crippen molar-refractivity contribution >= 4 is 32.7 Å². The van der Waals surface area contributed by atoms with Crippen LogP contribution in [-0.4, -0.2) is 42.7 Å². The highest BCUT2D eigenvalue weighted by atomic mass is 32.2. The van der Waals surface area contributed by atoms with E-state index >= 15 is 0 Å². The average molecular weight is 388 g/mol. The summed E-state index contributed by atoms with van der Waals surface area (Å²) in [5.41, 5.74) is 2.89. The van der Waals surface area contributed by atoms with Gasteiger partial charge in [-0.15, -0.1) is 0 Å². The third-order valence-corrected chi connectivity index (χ3v) is 6.36. The van der Waals surface area contributed by atoms with Crippen LogP contribution < -0.4 is 11.0 Å². The number of nitrogens with one attached hydrogen (secondary N) is 3. The molecule has 3 N–H and O–H groups in total. The molecule has 2 aromatic carbocycles. The lowest BCUT2D eigenvalue weighted by Gasteiger charge is -2.16. The van der Waals surface area contributed by atoms with E-state index in [1.165, 1.54) is 20.2 Å². The molecule has 0 spiro atoms. The SMILES string of the molecule is Cc1cc(C(=O)Nc2ccc3[nH]c(=O)[nH]c3c2)cc(S(=O)(=O)N(C)C)c1C. The van der Waals surface area contributed by atoms with Crippen molar-refractivity contribution in [3.63, 3.8) is 0 Å². The Balaban J connectivity index is 1.98. The summed E-state index contributed by atoms with van der Waals surface area (Å²) < 4.78 is 26.2. The van der Waals surface area contributed by atoms with Gasteiger partial charge in [-0.1, -0.05) is 0 Å². The number of hydrogen-bond acceptors (Lipinski definition) is 4. The van der Waals surface area contributed by atoms with Gasteiger partial charge in [0.2, 0.25) is 10.0 Å². The van der Waals surface area contributed by atoms with E-state index in [2.05, 4.69) is 15.3 Å². The summed E-state index contributed by atoms with van der Waals surface area (Å²) in [5.74, 6) is -0.439. The van der Waals surface area contributed by atoms with Crippen molar-refractivity contribution in [2.24, 2.45) is 0 Å². The number of hydrogen-bond donors (Lipinski definition) is 3. The molecule has 0 aliphatic carbocycles. The standard InChI is InChI=1S/C18H20N4O4S/c1-10-7-12(8-16(11(10)2)27(25,26)22(3)4)17(23)19-13-5-6-14-15(9-13)21-18(24)20-14/h5-9H,1-4H3,(H,19,23)(H2,20,21,24). The maximum absolute atomic E-state index is 12.7. The second kappa shape index (κ2) is 6.67. The Kier molecular flexibility index (Phi) is 4.66. The van der Waals surface area contributed by atoms with Crippen LogP contribution in [0.2, 0.25) is 0 Å². The third kappa shape index (κ3) is 3.51. The van der Waals surface area contributed by atoms with Crippen LogP contribution >= 0.6 is 0 Å². The zero-order valence-corrected chi connectivity index (χ0v) is 16.2. The van der Waals surface area contributed by atoms with Gasteiger partial charge in [0.15, 0.2) is 0 Å². The minimum absolute atomic E-state index is 0.100. The summed E-state index contributed by atoms with van der Waals surface area (Å²) >= 11 is 0. The second-order valence-corrected chi connectivity index (χ2v) is 8.62. The fourth-order valence-corrected chi connectivity index (χ4v) is 3.95. The lowest BCUT2D eigenvalue weighted by atomic mass is 10.1. The van der Waals surface area contributed by atoms with Gasteiger partial charge >= 0.3 is 5.69 Å². The first-order valence-electron chi connectivity index (χ1n) is 8.17. The number of H-pyrrole nitrogens is 2. The van der Waals surface area contributed by atoms with E-state index < -0.39 is 15.9 Å². The van der Waals surface area contributed by atoms with Crippen molar-refractivity contribution in [2.75, 3.05) is 19.4 Å². The van der Waals surface area contributed by atoms with Gasteiger partial charge in [-0.3, -0.25) is 4.79 Å². The molecule has 142 valence electrons. The van der Waals surface area contributed by atoms with Gasteiger partial charge in [0.05, 0.1) is 15.9 Å². The number of amides is 1. The number of rotatable bonds is 4. The zero-order valence-electron chi connectivity index (χ0n) is 15.4. The maximum Gasteiger partial charge on any atom is 0.323 e. The molecule has 0 fully saturated rings. The molecule has 3 aromatic rings. The average Bonchev–Trinajstić information content (AvgIpc) is 2.96. The first-order chi connectivity index (χ1) is 12.6. The van der Waals surface area contributed by atoms with Crippen molar-refractivity contribution in [1.82, 2.24) is 14.3 Å². The van der Waals surface area contributed by atoms with Gasteiger partial charge in [-0.2, -0.15) is 0 Å². The van der Waals surface area contributed by atoms with Crippen LogP contribution in [0, 0.1) is 13.8 Å². The highest BCUT2D eigenvalue weighted by molar-refractivity contribution is 7.89. The van der Waals surface area contributed by atoms with Gasteiger partial charge in [0.25, 0.3) is 5.91 Å². The molecule has 1 heterocycles. The first-order valence-corrected chi connectivity index (χ1v) is 9.61. The number of nitrogens with zero attached hydrogens (tertiary/aromatic N) is 1. The maximum atomic E-state index is 12.7. The molecule has 0 aliphatic rings. The zero-order chi connectivity index (χ0) is 19.9. The van der Waals surface area contributed by atoms with Crippen LogP contribution in [0.1, 0.15) is 21.5 Å². The highest BCUT2D eigenvalue weighted by Gasteiger charge is 2.23. The third-order valence-electron chi connectivity index (χ3n) is 4.41. The molecule has 0 aliphatic heterocycles. The molecule has 0 bridgehead atoms. The number of imidazole rings is 1. The van der Waals surface area contributed by atoms with Crippen LogP contribution in [0.15, 0.2) is 40.0 Å². The Labute approximate surface area is 156 Å². The smallest absolute Gasteiger partial charge is 0.322 e. The summed E-state index contributed by atoms with van der Waals surface area (Å²) in [4.78, 5) is 29.4. The molecule has 3 rings (SSSR count). The number of aromatic nitrogens is 2. The van der Waals surface area contributed by atoms with E-state index in [0.29, 0.717) is 27.8 Å². The second-order valence-electron chi connectivity index (χ2n) is 6.50. The fourth-order valence-electron chi connectivity index (χ4n) is 2.74. The number of benzene rings is 2. The van der Waals surface area contributed by atoms with Gasteiger partial charge in [0, 0.05) is 25.3 Å². The number of carbonyl (C=O) groups excluding carboxylic acids is 1. The molecule has 0 radical (unpaired) electrons. The summed E-state index contributed by atoms with van der Waals surface area (Å²) in [6.07, 6.45) is 0. The van der Waals surface area contributed by atoms with Crippen molar-refractivity contribution in [3.05, 3.63) is 57.5 Å². The Morgan fingerprint density at radius 2 is 1.70 bits per heavy atom. The van der Waals surface area contributed by atoms with Crippen LogP contribution in [0.25, 0.3) is 11.0 Å². The predicted octanol–water partition coefficient (Wildman–Crippen LogP) is 1.98. The normalized spacial score (nSPS) is 11.9. The monoisotopic (exact) mass is 388 g/mol. The minimum Gasteiger partial charge on any atom is -0.322 e. The van der Waals surface area contributed by atoms with E-state index in [-0.39, 0.29) is 16.1 Å². The van der Waals surface area contributed by atoms with E-state index in [9.17, 15) is 18.0 Å². The minimum atomic E-state index is -3.68. The van der Waals surface area contributed by atoms with Crippen molar-refractivity contribution < 1.29 is 13.2 Å². The summed E-state index contributed by atoms with van der Waals surface area (Å²) in [5, 5.41) is 2.73. The molecule has 27 heavy (non-hydrogen) atoms. The Bertz CT molecular complexity index is 1210. The topological polar surface area (TPSA) is 115 Å². The molecular weight excluding hydrogens is 368 g/mol. The lowest BCUT2D eigenvalue weighted by Crippen LogP contribution is -2.24. The molecule has 1 amide bonds. The van der Waals surface area contributed by atoms with Crippen molar-refractivity contribution in [2.45, 2.75) is 18.7 Å². The molecule has 0 unspecified atom stereocenters. The van der Waals surface area contributed by atoms with E-state index in [1.807, 2.05) is 0 Å². The van der Waals surface area contributed by atoms with Gasteiger partial charge in [-0.25, -0.2) is 17.5 Å². The molecule has 0 saturated heterocycles. The number of fused-ring (bicyclic) bond motifs is 1. The number of carbonyl (C=O) groups is 1. The number of aryl methyl sites for hydroxylation is 1. The molecule has 8 nitrogen and oxygen atoms in total. The largest absolute Gasteiger partial charge is 0.323 e. The van der Waals surface area contributed by atoms with Gasteiger partial charge in [0.1, 0.15) is 0 Å². The van der Waals surface area contributed by atoms with Crippen LogP contribution in [0.3, 0.4) is 0 Å². The Hall–Kier alpha value is -2.91. The van der Waals surface area contributed by atoms with Gasteiger partial charge < -0.3 is 15.3 Å². The molecule has 1 aromatic heterocycles. The number of anilines is 1. The number of aromatic amines is 2. The molecule has 0 saturated carbocycles. The highest BCUT2D eigenvalue weighted by Crippen LogP contribution is 2.24. The van der Waals surface area contributed by atoms with Crippen LogP contribution in [0.5, 0.6) is 0 Å². The Morgan fingerprint density at radius 3 is 2.37 bits per heavy atom. The number of sulfonamides is 1. The summed E-state index contributed by atoms with van der Waals surface area (Å²) in [7, 11) is -0.779. The fraction of sp³-hybridized carbons (Fsp3) is 0.222. The van der Waals surface area contributed by atoms with E-state index in [0.717, 1.165) is 4.31 Å². The molecule has 0 atom stereocenters. The lowest BCUT2D eigenvalue weighted by molar-refractivity contribution is 0.102. The summed E-state index contributed by atoms with van der Waals surface area (Å²) in [6, 6.07) is 7.98. The molecule has 9 heteroatoms. The molecular formula is C18H20N4O4S. The van der Waals surface area contributed by atoms with Crippen LogP contribution in [0.4, 0.5) is 5.69 Å². The first kappa shape index (κ1) is 18.9. The van der Waals surface area contributed by atoms with Gasteiger partial charge in [-0.05, 0) is 55.3 Å². The van der Waals surface area contributed by atoms with E-state index in [1.54, 1.807) is 38.1 Å².